The number of hydrogen-bond donors (Lipinski definition) is 1. The quantitative estimate of drug-likeness (QED) is 0.672. The molecule has 112 valence electrons. The van der Waals surface area contributed by atoms with E-state index in [1.165, 1.54) is 14.2 Å². The number of hydrogen-bond acceptors (Lipinski definition) is 5. The van der Waals surface area contributed by atoms with Gasteiger partial charge in [0, 0.05) is 18.8 Å². The van der Waals surface area contributed by atoms with Gasteiger partial charge < -0.3 is 10.1 Å². The zero-order valence-corrected chi connectivity index (χ0v) is 12.5. The summed E-state index contributed by atoms with van der Waals surface area (Å²) in [4.78, 5) is 36.3. The van der Waals surface area contributed by atoms with Gasteiger partial charge in [-0.2, -0.15) is 0 Å². The average molecular weight is 290 g/mol. The third-order valence-corrected chi connectivity index (χ3v) is 3.81. The fourth-order valence-corrected chi connectivity index (χ4v) is 2.23. The maximum atomic E-state index is 11.9. The number of esters is 1. The van der Waals surface area contributed by atoms with Crippen LogP contribution in [0.5, 0.6) is 0 Å². The second-order valence-electron chi connectivity index (χ2n) is 5.17. The van der Waals surface area contributed by atoms with Gasteiger partial charge in [0.25, 0.3) is 11.8 Å². The first kappa shape index (κ1) is 15.0. The first-order valence-electron chi connectivity index (χ1n) is 6.67. The molecule has 1 N–H and O–H groups in total. The topological polar surface area (TPSA) is 75.7 Å². The number of ether oxygens (including phenoxy) is 1. The van der Waals surface area contributed by atoms with Crippen molar-refractivity contribution in [1.29, 1.82) is 0 Å². The Morgan fingerprint density at radius 3 is 2.43 bits per heavy atom. The number of nitrogens with one attached hydrogen (secondary N) is 1. The molecule has 0 aromatic heterocycles. The third kappa shape index (κ3) is 2.61. The summed E-state index contributed by atoms with van der Waals surface area (Å²) in [6.45, 7) is 3.62. The SMILES string of the molecule is COC(=O)C(C)C(C)Nc1ccc2c(c1)C(=O)N(C)C2=O. The summed E-state index contributed by atoms with van der Waals surface area (Å²) in [6, 6.07) is 4.82. The molecule has 0 spiro atoms. The van der Waals surface area contributed by atoms with Gasteiger partial charge in [0.15, 0.2) is 0 Å². The maximum Gasteiger partial charge on any atom is 0.310 e. The van der Waals surface area contributed by atoms with Crippen LogP contribution in [0.25, 0.3) is 0 Å². The Hall–Kier alpha value is -2.37. The fraction of sp³-hybridized carbons (Fsp3) is 0.400. The van der Waals surface area contributed by atoms with Crippen LogP contribution in [-0.4, -0.2) is 42.9 Å². The predicted octanol–water partition coefficient (Wildman–Crippen LogP) is 1.52. The van der Waals surface area contributed by atoms with Crippen LogP contribution in [0.3, 0.4) is 0 Å². The van der Waals surface area contributed by atoms with Gasteiger partial charge in [0.2, 0.25) is 0 Å². The number of carbonyl (C=O) groups excluding carboxylic acids is 3. The molecule has 1 heterocycles. The largest absolute Gasteiger partial charge is 0.469 e. The van der Waals surface area contributed by atoms with E-state index in [0.29, 0.717) is 16.8 Å². The standard InChI is InChI=1S/C15H18N2O4/c1-8(15(20)21-4)9(2)16-10-5-6-11-12(7-10)14(19)17(3)13(11)18/h5-9,16H,1-4H3. The number of anilines is 1. The van der Waals surface area contributed by atoms with Crippen molar-refractivity contribution in [3.05, 3.63) is 29.3 Å². The molecule has 21 heavy (non-hydrogen) atoms. The minimum atomic E-state index is -0.330. The zero-order valence-electron chi connectivity index (χ0n) is 12.5. The molecule has 0 radical (unpaired) electrons. The molecular formula is C15H18N2O4. The van der Waals surface area contributed by atoms with Crippen LogP contribution >= 0.6 is 0 Å². The lowest BCUT2D eigenvalue weighted by Crippen LogP contribution is -2.30. The molecule has 1 aliphatic rings. The molecule has 2 unspecified atom stereocenters. The van der Waals surface area contributed by atoms with E-state index >= 15 is 0 Å². The second-order valence-corrected chi connectivity index (χ2v) is 5.17. The smallest absolute Gasteiger partial charge is 0.310 e. The minimum absolute atomic E-state index is 0.166. The first-order chi connectivity index (χ1) is 9.86. The van der Waals surface area contributed by atoms with E-state index in [4.69, 9.17) is 4.74 Å². The summed E-state index contributed by atoms with van der Waals surface area (Å²) in [6.07, 6.45) is 0. The molecule has 1 aromatic carbocycles. The molecule has 6 heteroatoms. The van der Waals surface area contributed by atoms with Gasteiger partial charge in [0.05, 0.1) is 24.2 Å². The van der Waals surface area contributed by atoms with Gasteiger partial charge in [0.1, 0.15) is 0 Å². The van der Waals surface area contributed by atoms with Gasteiger partial charge in [-0.3, -0.25) is 19.3 Å². The van der Waals surface area contributed by atoms with Gasteiger partial charge in [-0.1, -0.05) is 0 Å². The Kier molecular flexibility index (Phi) is 3.97. The van der Waals surface area contributed by atoms with E-state index in [1.54, 1.807) is 25.1 Å². The lowest BCUT2D eigenvalue weighted by Gasteiger charge is -2.20. The van der Waals surface area contributed by atoms with E-state index < -0.39 is 0 Å². The normalized spacial score (nSPS) is 16.5. The van der Waals surface area contributed by atoms with E-state index in [9.17, 15) is 14.4 Å². The van der Waals surface area contributed by atoms with Gasteiger partial charge in [-0.05, 0) is 32.0 Å². The van der Waals surface area contributed by atoms with Crippen molar-refractivity contribution in [2.24, 2.45) is 5.92 Å². The van der Waals surface area contributed by atoms with Crippen LogP contribution < -0.4 is 5.32 Å². The lowest BCUT2D eigenvalue weighted by molar-refractivity contribution is -0.145. The van der Waals surface area contributed by atoms with Crippen molar-refractivity contribution in [1.82, 2.24) is 4.90 Å². The third-order valence-electron chi connectivity index (χ3n) is 3.81. The number of amides is 2. The summed E-state index contributed by atoms with van der Waals surface area (Å²) < 4.78 is 4.71. The summed E-state index contributed by atoms with van der Waals surface area (Å²) in [5, 5.41) is 3.15. The Labute approximate surface area is 123 Å². The van der Waals surface area contributed by atoms with E-state index in [0.717, 1.165) is 4.90 Å². The number of imide groups is 1. The molecule has 2 rings (SSSR count). The number of carbonyl (C=O) groups is 3. The predicted molar refractivity (Wildman–Crippen MR) is 77.1 cm³/mol. The van der Waals surface area contributed by atoms with Crippen molar-refractivity contribution in [3.63, 3.8) is 0 Å². The highest BCUT2D eigenvalue weighted by molar-refractivity contribution is 6.21. The van der Waals surface area contributed by atoms with Crippen molar-refractivity contribution < 1.29 is 19.1 Å². The van der Waals surface area contributed by atoms with Gasteiger partial charge >= 0.3 is 5.97 Å². The average Bonchev–Trinajstić information content (AvgIpc) is 2.70. The van der Waals surface area contributed by atoms with Crippen LogP contribution in [0.4, 0.5) is 5.69 Å². The summed E-state index contributed by atoms with van der Waals surface area (Å²) in [5.74, 6) is -1.24. The lowest BCUT2D eigenvalue weighted by atomic mass is 10.0. The van der Waals surface area contributed by atoms with Crippen molar-refractivity contribution in [3.8, 4) is 0 Å². The molecule has 1 aliphatic heterocycles. The highest BCUT2D eigenvalue weighted by Gasteiger charge is 2.33. The van der Waals surface area contributed by atoms with Gasteiger partial charge in [-0.25, -0.2) is 0 Å². The monoisotopic (exact) mass is 290 g/mol. The van der Waals surface area contributed by atoms with Gasteiger partial charge in [-0.15, -0.1) is 0 Å². The Morgan fingerprint density at radius 2 is 1.81 bits per heavy atom. The Bertz CT molecular complexity index is 612. The zero-order chi connectivity index (χ0) is 15.7. The molecule has 0 fully saturated rings. The number of methoxy groups -OCH3 is 1. The van der Waals surface area contributed by atoms with E-state index in [2.05, 4.69) is 5.32 Å². The first-order valence-corrected chi connectivity index (χ1v) is 6.67. The van der Waals surface area contributed by atoms with Crippen molar-refractivity contribution >= 4 is 23.5 Å². The summed E-state index contributed by atoms with van der Waals surface area (Å²) in [7, 11) is 2.81. The van der Waals surface area contributed by atoms with Crippen molar-refractivity contribution in [2.75, 3.05) is 19.5 Å². The van der Waals surface area contributed by atoms with Crippen LogP contribution in [0, 0.1) is 5.92 Å². The summed E-state index contributed by atoms with van der Waals surface area (Å²) in [5.41, 5.74) is 1.47. The summed E-state index contributed by atoms with van der Waals surface area (Å²) >= 11 is 0. The molecule has 0 aliphatic carbocycles. The molecular weight excluding hydrogens is 272 g/mol. The highest BCUT2D eigenvalue weighted by atomic mass is 16.5. The molecule has 2 atom stereocenters. The second kappa shape index (κ2) is 5.55. The Morgan fingerprint density at radius 1 is 1.19 bits per heavy atom. The van der Waals surface area contributed by atoms with E-state index in [1.807, 2.05) is 6.92 Å². The Balaban J connectivity index is 2.19. The van der Waals surface area contributed by atoms with Crippen LogP contribution in [0.2, 0.25) is 0 Å². The van der Waals surface area contributed by atoms with Crippen LogP contribution in [0.15, 0.2) is 18.2 Å². The number of nitrogens with zero attached hydrogens (tertiary/aromatic N) is 1. The molecule has 0 saturated heterocycles. The minimum Gasteiger partial charge on any atom is -0.469 e. The highest BCUT2D eigenvalue weighted by Crippen LogP contribution is 2.25. The molecule has 1 aromatic rings. The molecule has 6 nitrogen and oxygen atoms in total. The number of benzene rings is 1. The van der Waals surface area contributed by atoms with Crippen LogP contribution in [-0.2, 0) is 9.53 Å². The van der Waals surface area contributed by atoms with Crippen LogP contribution in [0.1, 0.15) is 34.6 Å². The molecule has 0 bridgehead atoms. The number of fused-ring (bicyclic) bond motifs is 1. The van der Waals surface area contributed by atoms with E-state index in [-0.39, 0.29) is 29.7 Å². The van der Waals surface area contributed by atoms with Crippen molar-refractivity contribution in [2.45, 2.75) is 19.9 Å². The number of rotatable bonds is 4. The molecule has 2 amide bonds. The molecule has 0 saturated carbocycles. The fourth-order valence-electron chi connectivity index (χ4n) is 2.23. The maximum absolute atomic E-state index is 11.9.